The van der Waals surface area contributed by atoms with Crippen LogP contribution in [0.1, 0.15) is 43.1 Å². The van der Waals surface area contributed by atoms with Gasteiger partial charge in [0.2, 0.25) is 0 Å². The summed E-state index contributed by atoms with van der Waals surface area (Å²) in [5.74, 6) is -1.67. The first kappa shape index (κ1) is 32.7. The SMILES string of the molecule is COC(=O)CCN(NS(=O)(=O)c1ccccc1)C(=O)CN1CCc2ccc(N3CCN(C(=O)OC(C)(C)C)CC3)cc2C1=O. The smallest absolute Gasteiger partial charge is 0.410 e. The Bertz CT molecular complexity index is 1480. The molecule has 0 unspecified atom stereocenters. The van der Waals surface area contributed by atoms with Gasteiger partial charge < -0.3 is 24.2 Å². The van der Waals surface area contributed by atoms with E-state index in [0.717, 1.165) is 16.3 Å². The molecule has 2 aliphatic rings. The molecule has 0 spiro atoms. The van der Waals surface area contributed by atoms with Crippen LogP contribution in [0.4, 0.5) is 10.5 Å². The first-order chi connectivity index (χ1) is 20.8. The quantitative estimate of drug-likeness (QED) is 0.325. The molecule has 44 heavy (non-hydrogen) atoms. The second-order valence-corrected chi connectivity index (χ2v) is 13.2. The second kappa shape index (κ2) is 13.6. The molecule has 13 nitrogen and oxygen atoms in total. The third-order valence-corrected chi connectivity index (χ3v) is 8.59. The Morgan fingerprint density at radius 2 is 1.66 bits per heavy atom. The number of nitrogens with one attached hydrogen (secondary N) is 1. The molecule has 0 bridgehead atoms. The van der Waals surface area contributed by atoms with Crippen LogP contribution in [0.15, 0.2) is 53.4 Å². The summed E-state index contributed by atoms with van der Waals surface area (Å²) in [5.41, 5.74) is 1.55. The molecule has 2 aromatic carbocycles. The molecule has 1 N–H and O–H groups in total. The third-order valence-electron chi connectivity index (χ3n) is 7.24. The van der Waals surface area contributed by atoms with E-state index in [2.05, 4.69) is 14.5 Å². The van der Waals surface area contributed by atoms with Crippen molar-refractivity contribution in [1.82, 2.24) is 19.6 Å². The number of ether oxygens (including phenoxy) is 2. The monoisotopic (exact) mass is 629 g/mol. The molecule has 2 aliphatic heterocycles. The summed E-state index contributed by atoms with van der Waals surface area (Å²) in [6.07, 6.45) is -0.0930. The lowest BCUT2D eigenvalue weighted by Crippen LogP contribution is -2.52. The van der Waals surface area contributed by atoms with E-state index in [4.69, 9.17) is 4.74 Å². The van der Waals surface area contributed by atoms with Crippen molar-refractivity contribution in [3.8, 4) is 0 Å². The van der Waals surface area contributed by atoms with Gasteiger partial charge in [-0.2, -0.15) is 0 Å². The van der Waals surface area contributed by atoms with Crippen LogP contribution in [0.5, 0.6) is 0 Å². The minimum Gasteiger partial charge on any atom is -0.469 e. The van der Waals surface area contributed by atoms with Gasteiger partial charge in [0.15, 0.2) is 0 Å². The molecule has 0 atom stereocenters. The molecule has 0 aromatic heterocycles. The summed E-state index contributed by atoms with van der Waals surface area (Å²) in [7, 11) is -2.94. The van der Waals surface area contributed by atoms with Crippen LogP contribution in [-0.4, -0.2) is 106 Å². The number of esters is 1. The van der Waals surface area contributed by atoms with E-state index in [1.165, 1.54) is 24.1 Å². The van der Waals surface area contributed by atoms with Crippen molar-refractivity contribution in [1.29, 1.82) is 0 Å². The van der Waals surface area contributed by atoms with Gasteiger partial charge >= 0.3 is 12.1 Å². The van der Waals surface area contributed by atoms with Crippen molar-refractivity contribution in [2.75, 3.05) is 57.8 Å². The zero-order valence-corrected chi connectivity index (χ0v) is 26.3. The number of anilines is 1. The first-order valence-electron chi connectivity index (χ1n) is 14.4. The van der Waals surface area contributed by atoms with Gasteiger partial charge in [-0.05, 0) is 57.0 Å². The van der Waals surface area contributed by atoms with E-state index in [0.29, 0.717) is 38.2 Å². The number of hydrogen-bond acceptors (Lipinski definition) is 9. The Morgan fingerprint density at radius 1 is 0.977 bits per heavy atom. The molecule has 1 saturated heterocycles. The van der Waals surface area contributed by atoms with Gasteiger partial charge in [-0.25, -0.2) is 13.2 Å². The largest absolute Gasteiger partial charge is 0.469 e. The van der Waals surface area contributed by atoms with Crippen LogP contribution in [0, 0.1) is 0 Å². The maximum atomic E-state index is 13.6. The number of nitrogens with zero attached hydrogens (tertiary/aromatic N) is 4. The van der Waals surface area contributed by atoms with Gasteiger partial charge in [0.05, 0.1) is 18.4 Å². The fraction of sp³-hybridized carbons (Fsp3) is 0.467. The lowest BCUT2D eigenvalue weighted by atomic mass is 9.97. The Labute approximate surface area is 257 Å². The van der Waals surface area contributed by atoms with Gasteiger partial charge in [-0.3, -0.25) is 19.4 Å². The van der Waals surface area contributed by atoms with Crippen LogP contribution in [-0.2, 0) is 35.5 Å². The van der Waals surface area contributed by atoms with Crippen LogP contribution in [0.25, 0.3) is 0 Å². The van der Waals surface area contributed by atoms with Crippen molar-refractivity contribution in [3.05, 3.63) is 59.7 Å². The summed E-state index contributed by atoms with van der Waals surface area (Å²) < 4.78 is 36.0. The van der Waals surface area contributed by atoms with Crippen molar-refractivity contribution < 1.29 is 37.1 Å². The Balaban J connectivity index is 1.44. The second-order valence-electron chi connectivity index (χ2n) is 11.6. The Hall–Kier alpha value is -4.17. The Kier molecular flexibility index (Phi) is 10.1. The highest BCUT2D eigenvalue weighted by Crippen LogP contribution is 2.26. The maximum absolute atomic E-state index is 13.6. The van der Waals surface area contributed by atoms with Gasteiger partial charge in [-0.15, -0.1) is 4.83 Å². The van der Waals surface area contributed by atoms with E-state index in [1.54, 1.807) is 29.2 Å². The normalized spacial score (nSPS) is 15.5. The van der Waals surface area contributed by atoms with E-state index >= 15 is 0 Å². The molecule has 3 amide bonds. The standard InChI is InChI=1S/C30H39N5O8S/c1-30(2,3)43-29(39)33-18-16-32(17-19-33)23-11-10-22-12-14-34(28(38)25(22)20-23)21-26(36)35(15-13-27(37)42-4)31-44(40,41)24-8-6-5-7-9-24/h5-11,20,31H,12-19,21H2,1-4H3. The predicted octanol–water partition coefficient (Wildman–Crippen LogP) is 2.03. The average Bonchev–Trinajstić information content (AvgIpc) is 3.00. The number of carbonyl (C=O) groups is 4. The molecular weight excluding hydrogens is 590 g/mol. The van der Waals surface area contributed by atoms with E-state index < -0.39 is 34.0 Å². The number of piperazine rings is 1. The lowest BCUT2D eigenvalue weighted by molar-refractivity contribution is -0.142. The number of methoxy groups -OCH3 is 1. The highest BCUT2D eigenvalue weighted by atomic mass is 32.2. The molecule has 2 aromatic rings. The molecule has 0 radical (unpaired) electrons. The molecule has 1 fully saturated rings. The van der Waals surface area contributed by atoms with Crippen LogP contribution in [0.2, 0.25) is 0 Å². The lowest BCUT2D eigenvalue weighted by Gasteiger charge is -2.37. The third kappa shape index (κ3) is 8.26. The molecule has 0 saturated carbocycles. The Morgan fingerprint density at radius 3 is 2.30 bits per heavy atom. The zero-order chi connectivity index (χ0) is 32.1. The van der Waals surface area contributed by atoms with E-state index in [9.17, 15) is 27.6 Å². The highest BCUT2D eigenvalue weighted by Gasteiger charge is 2.31. The van der Waals surface area contributed by atoms with Gasteiger partial charge in [0.25, 0.3) is 21.8 Å². The van der Waals surface area contributed by atoms with E-state index in [-0.39, 0.29) is 36.4 Å². The summed E-state index contributed by atoms with van der Waals surface area (Å²) in [4.78, 5) is 58.5. The molecular formula is C30H39N5O8S. The minimum atomic E-state index is -4.14. The fourth-order valence-corrected chi connectivity index (χ4v) is 6.01. The predicted molar refractivity (Wildman–Crippen MR) is 161 cm³/mol. The van der Waals surface area contributed by atoms with Gasteiger partial charge in [-0.1, -0.05) is 24.3 Å². The number of carbonyl (C=O) groups excluding carboxylic acids is 4. The number of hydrazine groups is 1. The number of amides is 3. The molecule has 14 heteroatoms. The van der Waals surface area contributed by atoms with Crippen LogP contribution >= 0.6 is 0 Å². The topological polar surface area (TPSA) is 146 Å². The van der Waals surface area contributed by atoms with Crippen molar-refractivity contribution >= 4 is 39.6 Å². The number of sulfonamides is 1. The number of rotatable bonds is 9. The van der Waals surface area contributed by atoms with Gasteiger partial charge in [0.1, 0.15) is 12.1 Å². The van der Waals surface area contributed by atoms with Crippen molar-refractivity contribution in [2.24, 2.45) is 0 Å². The molecule has 0 aliphatic carbocycles. The average molecular weight is 630 g/mol. The maximum Gasteiger partial charge on any atom is 0.410 e. The van der Waals surface area contributed by atoms with Crippen molar-refractivity contribution in [2.45, 2.75) is 44.1 Å². The summed E-state index contributed by atoms with van der Waals surface area (Å²) >= 11 is 0. The molecule has 2 heterocycles. The van der Waals surface area contributed by atoms with Crippen LogP contribution < -0.4 is 9.73 Å². The highest BCUT2D eigenvalue weighted by molar-refractivity contribution is 7.89. The van der Waals surface area contributed by atoms with E-state index in [1.807, 2.05) is 32.9 Å². The van der Waals surface area contributed by atoms with Crippen molar-refractivity contribution in [3.63, 3.8) is 0 Å². The fourth-order valence-electron chi connectivity index (χ4n) is 4.90. The zero-order valence-electron chi connectivity index (χ0n) is 25.4. The first-order valence-corrected chi connectivity index (χ1v) is 15.9. The summed E-state index contributed by atoms with van der Waals surface area (Å²) in [6, 6.07) is 13.2. The summed E-state index contributed by atoms with van der Waals surface area (Å²) in [5, 5.41) is 0.836. The number of fused-ring (bicyclic) bond motifs is 1. The number of benzene rings is 2. The summed E-state index contributed by atoms with van der Waals surface area (Å²) in [6.45, 7) is 7.13. The molecule has 238 valence electrons. The molecule has 4 rings (SSSR count). The number of hydrogen-bond donors (Lipinski definition) is 1. The van der Waals surface area contributed by atoms with Crippen LogP contribution in [0.3, 0.4) is 0 Å². The minimum absolute atomic E-state index is 0.0571. The van der Waals surface area contributed by atoms with Gasteiger partial charge in [0, 0.05) is 50.5 Å².